The SMILES string of the molecule is CNC(=O)c1cc(CC(C(=O)O)N(C)C(=O)OCC2c3ccccc3-c3ccccc32)ccc1OC. The van der Waals surface area contributed by atoms with Crippen LogP contribution < -0.4 is 10.1 Å². The summed E-state index contributed by atoms with van der Waals surface area (Å²) in [5.41, 5.74) is 5.22. The highest BCUT2D eigenvalue weighted by Crippen LogP contribution is 2.44. The molecule has 1 atom stereocenters. The van der Waals surface area contributed by atoms with Crippen LogP contribution in [0.4, 0.5) is 4.79 Å². The Morgan fingerprint density at radius 1 is 1.00 bits per heavy atom. The molecule has 2 amide bonds. The predicted octanol–water partition coefficient (Wildman–Crippen LogP) is 3.93. The van der Waals surface area contributed by atoms with Crippen LogP contribution in [0.15, 0.2) is 66.7 Å². The molecule has 0 aromatic heterocycles. The summed E-state index contributed by atoms with van der Waals surface area (Å²) in [4.78, 5) is 38.3. The molecule has 186 valence electrons. The van der Waals surface area contributed by atoms with E-state index >= 15 is 0 Å². The van der Waals surface area contributed by atoms with Crippen molar-refractivity contribution in [2.45, 2.75) is 18.4 Å². The minimum Gasteiger partial charge on any atom is -0.496 e. The first kappa shape index (κ1) is 24.8. The van der Waals surface area contributed by atoms with Crippen molar-refractivity contribution in [3.63, 3.8) is 0 Å². The largest absolute Gasteiger partial charge is 0.496 e. The zero-order chi connectivity index (χ0) is 25.8. The standard InChI is InChI=1S/C28H28N2O6/c1-29-26(31)22-14-17(12-13-25(22)35-3)15-24(27(32)33)30(2)28(34)36-16-23-20-10-6-4-8-18(20)19-9-5-7-11-21(19)23/h4-14,23-24H,15-16H2,1-3H3,(H,29,31)(H,32,33). The fourth-order valence-corrected chi connectivity index (χ4v) is 4.63. The highest BCUT2D eigenvalue weighted by Gasteiger charge is 2.32. The van der Waals surface area contributed by atoms with Crippen LogP contribution in [0.3, 0.4) is 0 Å². The lowest BCUT2D eigenvalue weighted by Crippen LogP contribution is -2.44. The monoisotopic (exact) mass is 488 g/mol. The number of carboxylic acid groups (broad SMARTS) is 1. The number of methoxy groups -OCH3 is 1. The number of hydrogen-bond donors (Lipinski definition) is 2. The van der Waals surface area contributed by atoms with Gasteiger partial charge >= 0.3 is 12.1 Å². The second kappa shape index (κ2) is 10.5. The summed E-state index contributed by atoms with van der Waals surface area (Å²) in [5.74, 6) is -1.29. The Hall–Kier alpha value is -4.33. The Bertz CT molecular complexity index is 1260. The van der Waals surface area contributed by atoms with E-state index in [1.165, 1.54) is 21.2 Å². The summed E-state index contributed by atoms with van der Waals surface area (Å²) in [6.07, 6.45) is -0.742. The van der Waals surface area contributed by atoms with Gasteiger partial charge in [0.25, 0.3) is 5.91 Å². The number of ether oxygens (including phenoxy) is 2. The van der Waals surface area contributed by atoms with E-state index in [-0.39, 0.29) is 30.4 Å². The number of carboxylic acids is 1. The first-order valence-corrected chi connectivity index (χ1v) is 11.5. The molecule has 0 saturated carbocycles. The number of fused-ring (bicyclic) bond motifs is 3. The Labute approximate surface area is 209 Å². The smallest absolute Gasteiger partial charge is 0.410 e. The normalized spacial score (nSPS) is 12.8. The number of carbonyl (C=O) groups excluding carboxylic acids is 2. The highest BCUT2D eigenvalue weighted by atomic mass is 16.6. The highest BCUT2D eigenvalue weighted by molar-refractivity contribution is 5.97. The molecule has 0 radical (unpaired) electrons. The number of likely N-dealkylation sites (N-methyl/N-ethyl adjacent to an activating group) is 1. The topological polar surface area (TPSA) is 105 Å². The van der Waals surface area contributed by atoms with Gasteiger partial charge in [-0.3, -0.25) is 9.69 Å². The van der Waals surface area contributed by atoms with E-state index in [4.69, 9.17) is 9.47 Å². The Morgan fingerprint density at radius 2 is 1.61 bits per heavy atom. The average Bonchev–Trinajstić information content (AvgIpc) is 3.22. The van der Waals surface area contributed by atoms with E-state index in [0.29, 0.717) is 11.3 Å². The predicted molar refractivity (Wildman–Crippen MR) is 134 cm³/mol. The van der Waals surface area contributed by atoms with Gasteiger partial charge in [-0.15, -0.1) is 0 Å². The third-order valence-corrected chi connectivity index (χ3v) is 6.54. The molecule has 0 heterocycles. The molecule has 8 heteroatoms. The van der Waals surface area contributed by atoms with Gasteiger partial charge in [-0.2, -0.15) is 0 Å². The molecule has 0 bridgehead atoms. The van der Waals surface area contributed by atoms with Gasteiger partial charge in [-0.25, -0.2) is 9.59 Å². The van der Waals surface area contributed by atoms with Crippen molar-refractivity contribution in [2.24, 2.45) is 0 Å². The summed E-state index contributed by atoms with van der Waals surface area (Å²) in [6.45, 7) is 0.0902. The summed E-state index contributed by atoms with van der Waals surface area (Å²) >= 11 is 0. The van der Waals surface area contributed by atoms with Crippen molar-refractivity contribution in [3.8, 4) is 16.9 Å². The maximum absolute atomic E-state index is 12.9. The number of nitrogens with one attached hydrogen (secondary N) is 1. The number of rotatable bonds is 8. The third-order valence-electron chi connectivity index (χ3n) is 6.54. The van der Waals surface area contributed by atoms with Gasteiger partial charge in [0.2, 0.25) is 0 Å². The maximum Gasteiger partial charge on any atom is 0.410 e. The third kappa shape index (κ3) is 4.75. The Morgan fingerprint density at radius 3 is 2.17 bits per heavy atom. The lowest BCUT2D eigenvalue weighted by molar-refractivity contribution is -0.142. The van der Waals surface area contributed by atoms with Crippen LogP contribution in [-0.2, 0) is 16.0 Å². The number of hydrogen-bond acceptors (Lipinski definition) is 5. The Balaban J connectivity index is 1.49. The summed E-state index contributed by atoms with van der Waals surface area (Å²) in [7, 11) is 4.35. The van der Waals surface area contributed by atoms with Crippen molar-refractivity contribution >= 4 is 18.0 Å². The molecule has 0 saturated heterocycles. The lowest BCUT2D eigenvalue weighted by atomic mass is 9.98. The molecule has 4 rings (SSSR count). The molecule has 0 aliphatic heterocycles. The van der Waals surface area contributed by atoms with Gasteiger partial charge in [0.15, 0.2) is 0 Å². The van der Waals surface area contributed by atoms with E-state index in [0.717, 1.165) is 27.2 Å². The molecule has 8 nitrogen and oxygen atoms in total. The van der Waals surface area contributed by atoms with Crippen molar-refractivity contribution in [1.29, 1.82) is 0 Å². The average molecular weight is 489 g/mol. The van der Waals surface area contributed by atoms with Crippen LogP contribution in [0.5, 0.6) is 5.75 Å². The van der Waals surface area contributed by atoms with E-state index in [1.807, 2.05) is 48.5 Å². The van der Waals surface area contributed by atoms with Crippen LogP contribution in [0, 0.1) is 0 Å². The molecule has 3 aromatic carbocycles. The Kier molecular flexibility index (Phi) is 7.24. The van der Waals surface area contributed by atoms with Crippen molar-refractivity contribution in [1.82, 2.24) is 10.2 Å². The molecular weight excluding hydrogens is 460 g/mol. The summed E-state index contributed by atoms with van der Waals surface area (Å²) in [6, 6.07) is 19.6. The van der Waals surface area contributed by atoms with Gasteiger partial charge in [0.1, 0.15) is 18.4 Å². The lowest BCUT2D eigenvalue weighted by Gasteiger charge is -2.25. The minimum absolute atomic E-state index is 0.00990. The fourth-order valence-electron chi connectivity index (χ4n) is 4.63. The fraction of sp³-hybridized carbons (Fsp3) is 0.250. The molecule has 1 aliphatic rings. The van der Waals surface area contributed by atoms with Gasteiger partial charge in [0, 0.05) is 26.4 Å². The number of aliphatic carboxylic acids is 1. The van der Waals surface area contributed by atoms with Gasteiger partial charge < -0.3 is 19.9 Å². The van der Waals surface area contributed by atoms with Gasteiger partial charge in [0.05, 0.1) is 12.7 Å². The van der Waals surface area contributed by atoms with Crippen molar-refractivity contribution in [2.75, 3.05) is 27.8 Å². The molecule has 36 heavy (non-hydrogen) atoms. The van der Waals surface area contributed by atoms with Crippen LogP contribution in [0.25, 0.3) is 11.1 Å². The maximum atomic E-state index is 12.9. The van der Waals surface area contributed by atoms with Crippen LogP contribution in [0.1, 0.15) is 33.0 Å². The molecular formula is C28H28N2O6. The number of benzene rings is 3. The second-order valence-electron chi connectivity index (χ2n) is 8.59. The molecule has 0 spiro atoms. The second-order valence-corrected chi connectivity index (χ2v) is 8.59. The number of carbonyl (C=O) groups is 3. The van der Waals surface area contributed by atoms with Gasteiger partial charge in [-0.1, -0.05) is 54.6 Å². The number of amides is 2. The molecule has 1 unspecified atom stereocenters. The first-order valence-electron chi connectivity index (χ1n) is 11.5. The van der Waals surface area contributed by atoms with Crippen LogP contribution in [0.2, 0.25) is 0 Å². The zero-order valence-corrected chi connectivity index (χ0v) is 20.4. The van der Waals surface area contributed by atoms with E-state index < -0.39 is 18.1 Å². The minimum atomic E-state index is -1.19. The van der Waals surface area contributed by atoms with E-state index in [9.17, 15) is 19.5 Å². The van der Waals surface area contributed by atoms with Crippen LogP contribution >= 0.6 is 0 Å². The van der Waals surface area contributed by atoms with E-state index in [2.05, 4.69) is 5.32 Å². The molecule has 0 fully saturated rings. The van der Waals surface area contributed by atoms with Gasteiger partial charge in [-0.05, 0) is 39.9 Å². The molecule has 1 aliphatic carbocycles. The number of nitrogens with zero attached hydrogens (tertiary/aromatic N) is 1. The summed E-state index contributed by atoms with van der Waals surface area (Å²) < 4.78 is 10.9. The first-order chi connectivity index (χ1) is 17.3. The van der Waals surface area contributed by atoms with Crippen molar-refractivity contribution in [3.05, 3.63) is 89.0 Å². The summed E-state index contributed by atoms with van der Waals surface area (Å²) in [5, 5.41) is 12.4. The molecule has 3 aromatic rings. The quantitative estimate of drug-likeness (QED) is 0.498. The van der Waals surface area contributed by atoms with Crippen molar-refractivity contribution < 1.29 is 29.0 Å². The molecule has 2 N–H and O–H groups in total. The van der Waals surface area contributed by atoms with E-state index in [1.54, 1.807) is 18.2 Å². The van der Waals surface area contributed by atoms with Crippen LogP contribution in [-0.4, -0.2) is 61.8 Å². The zero-order valence-electron chi connectivity index (χ0n) is 20.4.